The van der Waals surface area contributed by atoms with Crippen LogP contribution in [0.5, 0.6) is 0 Å². The quantitative estimate of drug-likeness (QED) is 0.873. The van der Waals surface area contributed by atoms with Crippen molar-refractivity contribution < 1.29 is 9.76 Å². The van der Waals surface area contributed by atoms with Crippen molar-refractivity contribution in [2.75, 3.05) is 0 Å². The highest BCUT2D eigenvalue weighted by molar-refractivity contribution is 6.47. The highest BCUT2D eigenvalue weighted by Gasteiger charge is 2.37. The van der Waals surface area contributed by atoms with Crippen molar-refractivity contribution in [2.45, 2.75) is 58.2 Å². The molecule has 0 amide bonds. The van der Waals surface area contributed by atoms with Crippen molar-refractivity contribution in [1.82, 2.24) is 0 Å². The number of hydrogen-bond acceptors (Lipinski definition) is 2. The van der Waals surface area contributed by atoms with Crippen molar-refractivity contribution >= 4 is 12.9 Å². The van der Waals surface area contributed by atoms with Crippen LogP contribution in [-0.4, -0.2) is 23.8 Å². The first kappa shape index (κ1) is 17.3. The normalized spacial score (nSPS) is 15.8. The van der Waals surface area contributed by atoms with Gasteiger partial charge in [0.25, 0.3) is 0 Å². The molecule has 0 aromatic heterocycles. The second kappa shape index (κ2) is 5.47. The molecule has 0 radical (unpaired) electrons. The van der Waals surface area contributed by atoms with Crippen LogP contribution in [-0.2, 0) is 10.1 Å². The molecular weight excluding hydrogens is 295 g/mol. The summed E-state index contributed by atoms with van der Waals surface area (Å²) in [6.07, 6.45) is 0. The van der Waals surface area contributed by atoms with Gasteiger partial charge in [-0.25, -0.2) is 0 Å². The van der Waals surface area contributed by atoms with Crippen LogP contribution in [0.1, 0.15) is 52.7 Å². The molecule has 1 N–H and O–H groups in total. The van der Waals surface area contributed by atoms with Crippen molar-refractivity contribution in [1.29, 1.82) is 0 Å². The number of benzene rings is 2. The molecule has 1 aliphatic carbocycles. The molecule has 0 fully saturated rings. The van der Waals surface area contributed by atoms with Crippen LogP contribution in [0, 0.1) is 0 Å². The van der Waals surface area contributed by atoms with E-state index in [4.69, 9.17) is 4.65 Å². The van der Waals surface area contributed by atoms with E-state index in [1.165, 1.54) is 22.3 Å². The van der Waals surface area contributed by atoms with Gasteiger partial charge < -0.3 is 9.76 Å². The Bertz CT molecular complexity index is 770. The topological polar surface area (TPSA) is 29.5 Å². The molecule has 0 saturated carbocycles. The summed E-state index contributed by atoms with van der Waals surface area (Å²) in [7, 11) is 0.497. The first-order chi connectivity index (χ1) is 11.0. The van der Waals surface area contributed by atoms with Crippen molar-refractivity contribution in [3.63, 3.8) is 0 Å². The summed E-state index contributed by atoms with van der Waals surface area (Å²) in [6, 6.07) is 15.3. The lowest BCUT2D eigenvalue weighted by molar-refractivity contribution is -0.0893. The van der Waals surface area contributed by atoms with Crippen LogP contribution < -0.4 is 5.46 Å². The van der Waals surface area contributed by atoms with E-state index in [0.29, 0.717) is 7.48 Å². The minimum atomic E-state index is -0.890. The highest BCUT2D eigenvalue weighted by Crippen LogP contribution is 2.47. The highest BCUT2D eigenvalue weighted by atomic mass is 16.5. The fourth-order valence-electron chi connectivity index (χ4n) is 3.28. The summed E-state index contributed by atoms with van der Waals surface area (Å²) >= 11 is 0. The predicted molar refractivity (Wildman–Crippen MR) is 102 cm³/mol. The minimum Gasteiger partial charge on any atom is -0.427 e. The minimum absolute atomic E-state index is 0.00764. The number of aliphatic hydroxyl groups is 1. The molecular formula is C21H27BO2. The van der Waals surface area contributed by atoms with Gasteiger partial charge in [-0.05, 0) is 49.9 Å². The second-order valence-corrected chi connectivity index (χ2v) is 8.41. The summed E-state index contributed by atoms with van der Waals surface area (Å²) in [5.41, 5.74) is 5.05. The molecule has 0 aliphatic heterocycles. The maximum atomic E-state index is 10.3. The Morgan fingerprint density at radius 2 is 1.54 bits per heavy atom. The van der Waals surface area contributed by atoms with Gasteiger partial charge in [0.05, 0.1) is 11.2 Å². The Morgan fingerprint density at radius 3 is 2.21 bits per heavy atom. The fraction of sp³-hybridized carbons (Fsp3) is 0.429. The van der Waals surface area contributed by atoms with E-state index in [1.54, 1.807) is 13.8 Å². The van der Waals surface area contributed by atoms with Crippen LogP contribution in [0.2, 0.25) is 0 Å². The van der Waals surface area contributed by atoms with Gasteiger partial charge in [-0.2, -0.15) is 0 Å². The summed E-state index contributed by atoms with van der Waals surface area (Å²) in [5.74, 6) is 0. The van der Waals surface area contributed by atoms with E-state index in [-0.39, 0.29) is 5.41 Å². The molecule has 3 heteroatoms. The van der Waals surface area contributed by atoms with Gasteiger partial charge in [0.1, 0.15) is 0 Å². The van der Waals surface area contributed by atoms with E-state index in [2.05, 4.69) is 56.3 Å². The molecule has 3 rings (SSSR count). The Labute approximate surface area is 146 Å². The largest absolute Gasteiger partial charge is 0.427 e. The lowest BCUT2D eigenvalue weighted by Gasteiger charge is -2.37. The van der Waals surface area contributed by atoms with Crippen LogP contribution in [0.4, 0.5) is 0 Å². The average Bonchev–Trinajstić information content (AvgIpc) is 2.73. The molecule has 1 aliphatic rings. The molecule has 0 unspecified atom stereocenters. The molecule has 0 bridgehead atoms. The van der Waals surface area contributed by atoms with Gasteiger partial charge in [-0.15, -0.1) is 0 Å². The van der Waals surface area contributed by atoms with Gasteiger partial charge in [-0.3, -0.25) is 0 Å². The zero-order valence-corrected chi connectivity index (χ0v) is 15.6. The Morgan fingerprint density at radius 1 is 0.917 bits per heavy atom. The summed E-state index contributed by atoms with van der Waals surface area (Å²) in [4.78, 5) is 0. The van der Waals surface area contributed by atoms with E-state index in [9.17, 15) is 5.11 Å². The Hall–Kier alpha value is -1.58. The Balaban J connectivity index is 1.90. The van der Waals surface area contributed by atoms with Gasteiger partial charge in [0.15, 0.2) is 0 Å². The first-order valence-electron chi connectivity index (χ1n) is 8.64. The van der Waals surface area contributed by atoms with Crippen molar-refractivity contribution in [3.8, 4) is 11.1 Å². The zero-order chi connectivity index (χ0) is 17.8. The van der Waals surface area contributed by atoms with Crippen LogP contribution >= 0.6 is 0 Å². The summed E-state index contributed by atoms with van der Waals surface area (Å²) in [6.45, 7) is 12.0. The van der Waals surface area contributed by atoms with Gasteiger partial charge in [0, 0.05) is 5.41 Å². The summed E-state index contributed by atoms with van der Waals surface area (Å²) in [5, 5.41) is 10.3. The summed E-state index contributed by atoms with van der Waals surface area (Å²) < 4.78 is 6.04. The molecule has 2 nitrogen and oxygen atoms in total. The van der Waals surface area contributed by atoms with E-state index < -0.39 is 11.2 Å². The van der Waals surface area contributed by atoms with Gasteiger partial charge in [0.2, 0.25) is 0 Å². The third-order valence-corrected chi connectivity index (χ3v) is 5.72. The fourth-order valence-corrected chi connectivity index (χ4v) is 3.28. The van der Waals surface area contributed by atoms with Crippen LogP contribution in [0.15, 0.2) is 42.5 Å². The smallest absolute Gasteiger partial charge is 0.309 e. The van der Waals surface area contributed by atoms with E-state index in [1.807, 2.05) is 13.8 Å². The molecule has 0 atom stereocenters. The van der Waals surface area contributed by atoms with Crippen molar-refractivity contribution in [3.05, 3.63) is 53.6 Å². The first-order valence-corrected chi connectivity index (χ1v) is 8.64. The van der Waals surface area contributed by atoms with Crippen LogP contribution in [0.3, 0.4) is 0 Å². The molecule has 0 heterocycles. The number of hydrogen-bond donors (Lipinski definition) is 1. The van der Waals surface area contributed by atoms with Gasteiger partial charge in [-0.1, -0.05) is 61.8 Å². The lowest BCUT2D eigenvalue weighted by Crippen LogP contribution is -2.49. The molecule has 2 aromatic carbocycles. The number of fused-ring (bicyclic) bond motifs is 3. The van der Waals surface area contributed by atoms with Gasteiger partial charge >= 0.3 is 7.48 Å². The third kappa shape index (κ3) is 2.70. The maximum absolute atomic E-state index is 10.3. The SMILES string of the molecule is CC1(C)c2ccccc2-c2ccc(BOC(C)(C)C(C)(C)O)cc21. The average molecular weight is 322 g/mol. The zero-order valence-electron chi connectivity index (χ0n) is 15.6. The van der Waals surface area contributed by atoms with E-state index >= 15 is 0 Å². The molecule has 2 aromatic rings. The number of rotatable bonds is 4. The molecule has 24 heavy (non-hydrogen) atoms. The maximum Gasteiger partial charge on any atom is 0.309 e. The standard InChI is InChI=1S/C21H27BO2/c1-19(2)17-10-8-7-9-15(17)16-12-11-14(13-18(16)19)22-24-21(5,6)20(3,4)23/h7-13,22-23H,1-6H3. The molecule has 126 valence electrons. The van der Waals surface area contributed by atoms with Crippen molar-refractivity contribution in [2.24, 2.45) is 0 Å². The van der Waals surface area contributed by atoms with E-state index in [0.717, 1.165) is 5.46 Å². The lowest BCUT2D eigenvalue weighted by atomic mass is 9.77. The second-order valence-electron chi connectivity index (χ2n) is 8.41. The van der Waals surface area contributed by atoms with Crippen LogP contribution in [0.25, 0.3) is 11.1 Å². The Kier molecular flexibility index (Phi) is 3.93. The monoisotopic (exact) mass is 322 g/mol. The third-order valence-electron chi connectivity index (χ3n) is 5.72. The predicted octanol–water partition coefficient (Wildman–Crippen LogP) is 3.54. The molecule has 0 saturated heterocycles. The molecule has 0 spiro atoms.